The average Bonchev–Trinajstić information content (AvgIpc) is 1.82. The Balaban J connectivity index is -0.000000240. The Morgan fingerprint density at radius 2 is 1.12 bits per heavy atom. The van der Waals surface area contributed by atoms with Crippen molar-refractivity contribution in [1.29, 1.82) is 0 Å². The van der Waals surface area contributed by atoms with Gasteiger partial charge in [0.15, 0.2) is 5.60 Å². The van der Waals surface area contributed by atoms with Crippen molar-refractivity contribution in [3.8, 4) is 0 Å². The summed E-state index contributed by atoms with van der Waals surface area (Å²) in [5, 5.41) is 33.8. The monoisotopic (exact) mass is 291 g/mol. The molecule has 1 radical (unpaired) electrons. The van der Waals surface area contributed by atoms with Gasteiger partial charge in [0.25, 0.3) is 0 Å². The number of rotatable bonds is 5. The molecule has 16 heavy (non-hydrogen) atoms. The van der Waals surface area contributed by atoms with Crippen molar-refractivity contribution in [2.45, 2.75) is 18.4 Å². The van der Waals surface area contributed by atoms with Crippen molar-refractivity contribution in [2.24, 2.45) is 0 Å². The molecule has 0 bridgehead atoms. The van der Waals surface area contributed by atoms with Crippen LogP contribution in [0, 0.1) is 0 Å². The predicted octanol–water partition coefficient (Wildman–Crippen LogP) is -2.90. The van der Waals surface area contributed by atoms with Crippen LogP contribution in [0.2, 0.25) is 0 Å². The molecule has 0 heterocycles. The van der Waals surface area contributed by atoms with Gasteiger partial charge in [-0.25, -0.2) is 4.79 Å². The summed E-state index contributed by atoms with van der Waals surface area (Å²) in [4.78, 5) is 30.5. The molecule has 0 unspecified atom stereocenters. The molecular weight excluding hydrogens is 280 g/mol. The van der Waals surface area contributed by atoms with Gasteiger partial charge < -0.3 is 31.4 Å². The van der Waals surface area contributed by atoms with Crippen LogP contribution in [0.5, 0.6) is 0 Å². The summed E-state index contributed by atoms with van der Waals surface area (Å²) in [5.74, 6) is -5.02. The fraction of sp³-hybridized carbons (Fsp3) is 0.500. The molecule has 0 aromatic carbocycles. The van der Waals surface area contributed by atoms with Crippen LogP contribution in [0.3, 0.4) is 0 Å². The van der Waals surface area contributed by atoms with Crippen LogP contribution in [-0.2, 0) is 31.5 Å². The van der Waals surface area contributed by atoms with Crippen molar-refractivity contribution in [3.05, 3.63) is 0 Å². The molecule has 8 N–H and O–H groups in total. The predicted molar refractivity (Wildman–Crippen MR) is 44.3 cm³/mol. The van der Waals surface area contributed by atoms with E-state index in [1.54, 1.807) is 0 Å². The summed E-state index contributed by atoms with van der Waals surface area (Å²) in [6, 6.07) is 0. The van der Waals surface area contributed by atoms with Gasteiger partial charge in [-0.15, -0.1) is 0 Å². The summed E-state index contributed by atoms with van der Waals surface area (Å²) in [6.07, 6.45) is -2.29. The van der Waals surface area contributed by atoms with Crippen molar-refractivity contribution in [1.82, 2.24) is 0 Å². The first kappa shape index (κ1) is 24.2. The van der Waals surface area contributed by atoms with Gasteiger partial charge in [-0.1, -0.05) is 0 Å². The minimum absolute atomic E-state index is 0. The van der Waals surface area contributed by atoms with Crippen molar-refractivity contribution < 1.29 is 62.8 Å². The minimum atomic E-state index is -2.74. The van der Waals surface area contributed by atoms with Crippen molar-refractivity contribution in [2.75, 3.05) is 0 Å². The van der Waals surface area contributed by atoms with Crippen LogP contribution in [0.1, 0.15) is 12.8 Å². The standard InChI is InChI=1S/C6H8O7.Cu.2H2O/c7-3(8)1-6(13,5(11)12)2-4(9)10;;;/h13H,1-2H2,(H,7,8)(H,9,10)(H,11,12);;2*1H2. The van der Waals surface area contributed by atoms with Crippen LogP contribution < -0.4 is 0 Å². The summed E-state index contributed by atoms with van der Waals surface area (Å²) in [5.41, 5.74) is -2.74. The maximum atomic E-state index is 10.3. The van der Waals surface area contributed by atoms with E-state index >= 15 is 0 Å². The van der Waals surface area contributed by atoms with Crippen LogP contribution >= 0.6 is 0 Å². The quantitative estimate of drug-likeness (QED) is 0.389. The maximum absolute atomic E-state index is 10.3. The molecule has 0 atom stereocenters. The number of carbonyl (C=O) groups is 3. The Labute approximate surface area is 99.8 Å². The maximum Gasteiger partial charge on any atom is 0.336 e. The molecule has 0 aliphatic heterocycles. The number of carboxylic acids is 3. The van der Waals surface area contributed by atoms with Gasteiger partial charge in [0.2, 0.25) is 0 Å². The third-order valence-corrected chi connectivity index (χ3v) is 1.29. The first-order valence-electron chi connectivity index (χ1n) is 3.17. The van der Waals surface area contributed by atoms with Gasteiger partial charge in [0, 0.05) is 17.1 Å². The van der Waals surface area contributed by atoms with Crippen molar-refractivity contribution in [3.63, 3.8) is 0 Å². The smallest absolute Gasteiger partial charge is 0.336 e. The van der Waals surface area contributed by atoms with Crippen LogP contribution in [0.25, 0.3) is 0 Å². The molecule has 0 aromatic rings. The molecule has 9 nitrogen and oxygen atoms in total. The Bertz CT molecular complexity index is 234. The summed E-state index contributed by atoms with van der Waals surface area (Å²) < 4.78 is 0. The second kappa shape index (κ2) is 9.07. The molecule has 0 aromatic heterocycles. The van der Waals surface area contributed by atoms with E-state index in [1.165, 1.54) is 0 Å². The molecule has 101 valence electrons. The van der Waals surface area contributed by atoms with E-state index in [0.29, 0.717) is 0 Å². The van der Waals surface area contributed by atoms with E-state index < -0.39 is 36.4 Å². The zero-order valence-corrected chi connectivity index (χ0v) is 8.67. The van der Waals surface area contributed by atoms with Crippen LogP contribution in [-0.4, -0.2) is 54.9 Å². The van der Waals surface area contributed by atoms with E-state index in [2.05, 4.69) is 0 Å². The molecule has 0 rings (SSSR count). The third-order valence-electron chi connectivity index (χ3n) is 1.29. The average molecular weight is 292 g/mol. The van der Waals surface area contributed by atoms with E-state index in [1.807, 2.05) is 0 Å². The minimum Gasteiger partial charge on any atom is -0.481 e. The molecule has 0 fully saturated rings. The molecular formula is C6H12CuO9. The third kappa shape index (κ3) is 8.15. The summed E-state index contributed by atoms with van der Waals surface area (Å²) >= 11 is 0. The molecule has 0 spiro atoms. The molecule has 0 saturated heterocycles. The van der Waals surface area contributed by atoms with E-state index in [9.17, 15) is 14.4 Å². The fourth-order valence-electron chi connectivity index (χ4n) is 0.714. The normalized spacial score (nSPS) is 8.81. The van der Waals surface area contributed by atoms with Gasteiger partial charge in [0.1, 0.15) is 0 Å². The van der Waals surface area contributed by atoms with Crippen LogP contribution in [0.4, 0.5) is 0 Å². The molecule has 10 heteroatoms. The fourth-order valence-corrected chi connectivity index (χ4v) is 0.714. The zero-order valence-electron chi connectivity index (χ0n) is 7.73. The number of carboxylic acid groups (broad SMARTS) is 3. The van der Waals surface area contributed by atoms with Crippen LogP contribution in [0.15, 0.2) is 0 Å². The van der Waals surface area contributed by atoms with E-state index in [-0.39, 0.29) is 28.0 Å². The summed E-state index contributed by atoms with van der Waals surface area (Å²) in [6.45, 7) is 0. The number of aliphatic carboxylic acids is 3. The van der Waals surface area contributed by atoms with Crippen molar-refractivity contribution >= 4 is 17.9 Å². The first-order chi connectivity index (χ1) is 5.78. The zero-order chi connectivity index (χ0) is 10.6. The number of hydrogen-bond donors (Lipinski definition) is 4. The Morgan fingerprint density at radius 1 is 0.875 bits per heavy atom. The molecule has 0 aliphatic carbocycles. The number of aliphatic hydroxyl groups is 1. The molecule has 0 aliphatic rings. The second-order valence-electron chi connectivity index (χ2n) is 2.48. The SMILES string of the molecule is O.O.O=C(O)CC(O)(CC(=O)O)C(=O)O.[Cu]. The van der Waals surface area contributed by atoms with Gasteiger partial charge in [0.05, 0.1) is 12.8 Å². The largest absolute Gasteiger partial charge is 0.481 e. The summed E-state index contributed by atoms with van der Waals surface area (Å²) in [7, 11) is 0. The Hall–Kier alpha value is -1.19. The Morgan fingerprint density at radius 3 is 1.25 bits per heavy atom. The van der Waals surface area contributed by atoms with E-state index in [4.69, 9.17) is 20.4 Å². The second-order valence-corrected chi connectivity index (χ2v) is 2.48. The molecule has 0 saturated carbocycles. The molecule has 0 amide bonds. The first-order valence-corrected chi connectivity index (χ1v) is 3.17. The van der Waals surface area contributed by atoms with Gasteiger partial charge in [-0.05, 0) is 0 Å². The van der Waals surface area contributed by atoms with Gasteiger partial charge >= 0.3 is 17.9 Å². The number of hydrogen-bond acceptors (Lipinski definition) is 4. The van der Waals surface area contributed by atoms with Gasteiger partial charge in [-0.2, -0.15) is 0 Å². The topological polar surface area (TPSA) is 195 Å². The van der Waals surface area contributed by atoms with Gasteiger partial charge in [-0.3, -0.25) is 9.59 Å². The van der Waals surface area contributed by atoms with E-state index in [0.717, 1.165) is 0 Å². The Kier molecular flexibility index (Phi) is 13.7.